The quantitative estimate of drug-likeness (QED) is 0.541. The predicted molar refractivity (Wildman–Crippen MR) is 65.3 cm³/mol. The molecule has 0 radical (unpaired) electrons. The van der Waals surface area contributed by atoms with E-state index in [-0.39, 0.29) is 0 Å². The van der Waals surface area contributed by atoms with Crippen LogP contribution >= 0.6 is 0 Å². The Bertz CT molecular complexity index is 255. The van der Waals surface area contributed by atoms with Crippen molar-refractivity contribution in [2.45, 2.75) is 42.4 Å². The van der Waals surface area contributed by atoms with Crippen LogP contribution in [0.15, 0.2) is 12.2 Å². The summed E-state index contributed by atoms with van der Waals surface area (Å²) >= 11 is 0.504. The molecule has 0 nitrogen and oxygen atoms in total. The third kappa shape index (κ3) is 1.75. The first-order valence-corrected chi connectivity index (χ1v) is 14.0. The van der Waals surface area contributed by atoms with Crippen molar-refractivity contribution in [3.05, 3.63) is 12.2 Å². The van der Waals surface area contributed by atoms with Crippen LogP contribution in [-0.2, 0) is 0 Å². The summed E-state index contributed by atoms with van der Waals surface area (Å²) in [5.74, 6) is 3.17. The van der Waals surface area contributed by atoms with Gasteiger partial charge in [-0.25, -0.2) is 0 Å². The molecule has 1 saturated carbocycles. The molecule has 0 aromatic carbocycles. The summed E-state index contributed by atoms with van der Waals surface area (Å²) in [4.78, 5) is 0. The molecule has 2 heteroatoms. The monoisotopic (exact) mass is 322 g/mol. The topological polar surface area (TPSA) is 0 Å². The van der Waals surface area contributed by atoms with Crippen LogP contribution in [0.1, 0.15) is 19.3 Å². The van der Waals surface area contributed by atoms with Crippen LogP contribution in [0.2, 0.25) is 23.1 Å². The molecule has 4 unspecified atom stereocenters. The molecule has 2 fully saturated rings. The van der Waals surface area contributed by atoms with E-state index in [0.29, 0.717) is 20.1 Å². The first-order chi connectivity index (χ1) is 6.75. The fraction of sp³-hybridized carbons (Fsp3) is 0.833. The molecule has 14 heavy (non-hydrogen) atoms. The Labute approximate surface area is 97.7 Å². The number of fused-ring (bicyclic) bond motifs is 2. The maximum atomic E-state index is 2.73. The molecule has 1 saturated heterocycles. The number of rotatable bonds is 2. The van der Waals surface area contributed by atoms with Crippen LogP contribution in [0.4, 0.5) is 0 Å². The van der Waals surface area contributed by atoms with Crippen molar-refractivity contribution in [2.24, 2.45) is 17.8 Å². The van der Waals surface area contributed by atoms with Crippen LogP contribution in [0.3, 0.4) is 0 Å². The normalized spacial score (nSPS) is 50.5. The van der Waals surface area contributed by atoms with Gasteiger partial charge in [-0.3, -0.25) is 0 Å². The van der Waals surface area contributed by atoms with Gasteiger partial charge in [0, 0.05) is 0 Å². The first kappa shape index (κ1) is 9.94. The van der Waals surface area contributed by atoms with E-state index in [1.54, 1.807) is 29.4 Å². The molecule has 1 aliphatic heterocycles. The summed E-state index contributed by atoms with van der Waals surface area (Å²) in [6.07, 6.45) is 9.75. The van der Waals surface area contributed by atoms with Crippen LogP contribution in [0.5, 0.6) is 0 Å². The van der Waals surface area contributed by atoms with Crippen LogP contribution in [-0.4, -0.2) is 25.8 Å². The van der Waals surface area contributed by atoms with Crippen molar-refractivity contribution in [3.8, 4) is 0 Å². The zero-order valence-corrected chi connectivity index (χ0v) is 12.4. The molecular formula is C12H20SiTe. The van der Waals surface area contributed by atoms with Gasteiger partial charge in [0.1, 0.15) is 0 Å². The Kier molecular flexibility index (Phi) is 2.59. The van der Waals surface area contributed by atoms with Gasteiger partial charge in [0.05, 0.1) is 0 Å². The summed E-state index contributed by atoms with van der Waals surface area (Å²) in [5, 5.41) is 0. The van der Waals surface area contributed by atoms with Crippen LogP contribution in [0, 0.1) is 17.8 Å². The van der Waals surface area contributed by atoms with Gasteiger partial charge in [-0.15, -0.1) is 0 Å². The Morgan fingerprint density at radius 2 is 2.29 bits per heavy atom. The summed E-state index contributed by atoms with van der Waals surface area (Å²) in [5.41, 5.74) is -0.593. The maximum absolute atomic E-state index is 2.73. The Balaban J connectivity index is 1.65. The molecule has 0 N–H and O–H groups in total. The molecule has 2 bridgehead atoms. The molecule has 3 rings (SSSR count). The number of hydrogen-bond acceptors (Lipinski definition) is 0. The van der Waals surface area contributed by atoms with E-state index in [4.69, 9.17) is 0 Å². The molecule has 78 valence electrons. The van der Waals surface area contributed by atoms with Gasteiger partial charge in [-0.1, -0.05) is 0 Å². The molecule has 0 aromatic heterocycles. The van der Waals surface area contributed by atoms with Crippen molar-refractivity contribution in [1.29, 1.82) is 0 Å². The van der Waals surface area contributed by atoms with E-state index in [1.807, 2.05) is 0 Å². The van der Waals surface area contributed by atoms with Crippen LogP contribution < -0.4 is 0 Å². The average Bonchev–Trinajstić information content (AvgIpc) is 2.80. The van der Waals surface area contributed by atoms with Crippen molar-refractivity contribution in [3.63, 3.8) is 0 Å². The molecule has 4 atom stereocenters. The first-order valence-electron chi connectivity index (χ1n) is 6.07. The second kappa shape index (κ2) is 3.65. The summed E-state index contributed by atoms with van der Waals surface area (Å²) in [7, 11) is 0. The summed E-state index contributed by atoms with van der Waals surface area (Å²) in [6, 6.07) is 3.42. The Morgan fingerprint density at radius 1 is 1.36 bits per heavy atom. The molecule has 2 aliphatic carbocycles. The second-order valence-corrected chi connectivity index (χ2v) is 21.8. The van der Waals surface area contributed by atoms with Gasteiger partial charge in [-0.2, -0.15) is 0 Å². The van der Waals surface area contributed by atoms with Crippen molar-refractivity contribution in [1.82, 2.24) is 0 Å². The zero-order valence-electron chi connectivity index (χ0n) is 9.04. The number of allylic oxidation sites excluding steroid dienone is 2. The fourth-order valence-corrected chi connectivity index (χ4v) is 19.3. The third-order valence-electron chi connectivity index (χ3n) is 4.41. The zero-order chi connectivity index (χ0) is 9.60. The van der Waals surface area contributed by atoms with E-state index in [1.165, 1.54) is 6.42 Å². The number of hydrogen-bond donors (Lipinski definition) is 0. The van der Waals surface area contributed by atoms with Crippen molar-refractivity contribution >= 4 is 25.8 Å². The van der Waals surface area contributed by atoms with E-state index in [9.17, 15) is 0 Å². The van der Waals surface area contributed by atoms with Gasteiger partial charge < -0.3 is 0 Å². The van der Waals surface area contributed by atoms with E-state index >= 15 is 0 Å². The van der Waals surface area contributed by atoms with E-state index in [2.05, 4.69) is 18.7 Å². The summed E-state index contributed by atoms with van der Waals surface area (Å²) < 4.78 is 1.68. The molecule has 0 spiro atoms. The van der Waals surface area contributed by atoms with Gasteiger partial charge >= 0.3 is 98.0 Å². The van der Waals surface area contributed by atoms with Crippen molar-refractivity contribution < 1.29 is 0 Å². The Morgan fingerprint density at radius 3 is 2.86 bits per heavy atom. The SMILES string of the molecule is C[Si]1(CC2CC3C=CC2C3)CCC[Te]1. The van der Waals surface area contributed by atoms with Crippen LogP contribution in [0.25, 0.3) is 0 Å². The minimum atomic E-state index is -0.593. The minimum absolute atomic E-state index is 0.504. The summed E-state index contributed by atoms with van der Waals surface area (Å²) in [6.45, 7) is 2.73. The van der Waals surface area contributed by atoms with Gasteiger partial charge in [0.2, 0.25) is 0 Å². The van der Waals surface area contributed by atoms with E-state index in [0.717, 1.165) is 17.8 Å². The molecule has 0 aromatic rings. The van der Waals surface area contributed by atoms with Crippen molar-refractivity contribution in [2.75, 3.05) is 0 Å². The Hall–Kier alpha value is 0.746. The average molecular weight is 320 g/mol. The molecule has 1 heterocycles. The van der Waals surface area contributed by atoms with Gasteiger partial charge in [0.15, 0.2) is 0 Å². The molecular weight excluding hydrogens is 300 g/mol. The molecule has 0 amide bonds. The fourth-order valence-electron chi connectivity index (χ4n) is 3.68. The predicted octanol–water partition coefficient (Wildman–Crippen LogP) is 3.30. The van der Waals surface area contributed by atoms with Gasteiger partial charge in [-0.05, 0) is 0 Å². The third-order valence-corrected chi connectivity index (χ3v) is 19.8. The van der Waals surface area contributed by atoms with E-state index < -0.39 is 5.62 Å². The second-order valence-electron chi connectivity index (χ2n) is 5.65. The molecule has 3 aliphatic rings. The van der Waals surface area contributed by atoms with Gasteiger partial charge in [0.25, 0.3) is 0 Å². The standard InChI is InChI=1S/C12H20SiTe/c1-13(5-2-6-14-13)9-12-8-10-3-4-11(12)7-10/h3-4,10-12H,2,5-9H2,1H3.